The van der Waals surface area contributed by atoms with E-state index in [9.17, 15) is 4.79 Å². The third-order valence-corrected chi connectivity index (χ3v) is 5.81. The first kappa shape index (κ1) is 22.6. The summed E-state index contributed by atoms with van der Waals surface area (Å²) >= 11 is 0. The van der Waals surface area contributed by atoms with Crippen molar-refractivity contribution in [2.45, 2.75) is 40.4 Å². The number of hydrogen-bond donors (Lipinski definition) is 1. The highest BCUT2D eigenvalue weighted by Gasteiger charge is 2.15. The highest BCUT2D eigenvalue weighted by molar-refractivity contribution is 6.02. The zero-order chi connectivity index (χ0) is 23.2. The molecule has 1 heterocycles. The van der Waals surface area contributed by atoms with Crippen LogP contribution in [-0.2, 0) is 19.6 Å². The van der Waals surface area contributed by atoms with Crippen molar-refractivity contribution in [1.29, 1.82) is 0 Å². The Hall–Kier alpha value is -3.63. The third kappa shape index (κ3) is 6.21. The van der Waals surface area contributed by atoms with Crippen LogP contribution in [0.3, 0.4) is 0 Å². The molecule has 0 aliphatic carbocycles. The molecule has 3 aromatic carbocycles. The number of carbonyl (C=O) groups is 1. The normalized spacial score (nSPS) is 11.0. The summed E-state index contributed by atoms with van der Waals surface area (Å²) in [7, 11) is 0. The van der Waals surface area contributed by atoms with E-state index in [1.165, 1.54) is 22.3 Å². The molecule has 0 aliphatic rings. The summed E-state index contributed by atoms with van der Waals surface area (Å²) < 4.78 is 5.94. The summed E-state index contributed by atoms with van der Waals surface area (Å²) in [6.45, 7) is 8.38. The third-order valence-electron chi connectivity index (χ3n) is 5.81. The van der Waals surface area contributed by atoms with E-state index in [4.69, 9.17) is 4.42 Å². The Kier molecular flexibility index (Phi) is 7.06. The zero-order valence-electron chi connectivity index (χ0n) is 19.5. The molecule has 1 aromatic heterocycles. The number of benzene rings is 3. The number of amides is 1. The molecular weight excluding hydrogens is 408 g/mol. The standard InChI is InChI=1S/C29H30N2O2/c1-21-9-12-25(13-10-21)19-31(18-24-7-5-4-6-8-24)20-27-15-16-28(33-27)29(32)30-26-14-11-22(2)23(3)17-26/h4-17H,18-20H2,1-3H3,(H,30,32). The van der Waals surface area contributed by atoms with Crippen molar-refractivity contribution in [2.24, 2.45) is 0 Å². The second-order valence-electron chi connectivity index (χ2n) is 8.64. The lowest BCUT2D eigenvalue weighted by Crippen LogP contribution is -2.22. The van der Waals surface area contributed by atoms with Gasteiger partial charge in [-0.25, -0.2) is 0 Å². The van der Waals surface area contributed by atoms with Crippen molar-refractivity contribution in [2.75, 3.05) is 5.32 Å². The van der Waals surface area contributed by atoms with E-state index >= 15 is 0 Å². The van der Waals surface area contributed by atoms with Crippen LogP contribution in [0.4, 0.5) is 5.69 Å². The van der Waals surface area contributed by atoms with Gasteiger partial charge < -0.3 is 9.73 Å². The molecule has 1 amide bonds. The summed E-state index contributed by atoms with van der Waals surface area (Å²) in [5.41, 5.74) is 6.84. The van der Waals surface area contributed by atoms with Gasteiger partial charge in [-0.3, -0.25) is 9.69 Å². The Morgan fingerprint density at radius 1 is 0.758 bits per heavy atom. The van der Waals surface area contributed by atoms with E-state index in [2.05, 4.69) is 72.6 Å². The second kappa shape index (κ2) is 10.3. The van der Waals surface area contributed by atoms with Crippen molar-refractivity contribution in [1.82, 2.24) is 4.90 Å². The molecule has 4 aromatic rings. The average Bonchev–Trinajstić information content (AvgIpc) is 3.27. The number of nitrogens with one attached hydrogen (secondary N) is 1. The lowest BCUT2D eigenvalue weighted by molar-refractivity contribution is 0.0992. The van der Waals surface area contributed by atoms with Crippen LogP contribution in [0.25, 0.3) is 0 Å². The average molecular weight is 439 g/mol. The molecule has 4 rings (SSSR count). The van der Waals surface area contributed by atoms with Gasteiger partial charge in [-0.05, 0) is 67.3 Å². The maximum atomic E-state index is 12.7. The van der Waals surface area contributed by atoms with Gasteiger partial charge >= 0.3 is 0 Å². The maximum absolute atomic E-state index is 12.7. The van der Waals surface area contributed by atoms with Crippen LogP contribution in [0.1, 0.15) is 44.1 Å². The number of furan rings is 1. The molecule has 1 N–H and O–H groups in total. The van der Waals surface area contributed by atoms with Gasteiger partial charge in [0.1, 0.15) is 5.76 Å². The number of nitrogens with zero attached hydrogens (tertiary/aromatic N) is 1. The summed E-state index contributed by atoms with van der Waals surface area (Å²) in [4.78, 5) is 15.0. The van der Waals surface area contributed by atoms with Gasteiger partial charge in [0.05, 0.1) is 6.54 Å². The van der Waals surface area contributed by atoms with Gasteiger partial charge in [0.2, 0.25) is 0 Å². The zero-order valence-corrected chi connectivity index (χ0v) is 19.5. The van der Waals surface area contributed by atoms with Gasteiger partial charge in [0, 0.05) is 18.8 Å². The molecule has 0 atom stereocenters. The number of aryl methyl sites for hydroxylation is 3. The minimum atomic E-state index is -0.238. The number of rotatable bonds is 8. The Balaban J connectivity index is 1.47. The van der Waals surface area contributed by atoms with Crippen LogP contribution in [0.15, 0.2) is 89.3 Å². The van der Waals surface area contributed by atoms with Crippen molar-refractivity contribution in [3.63, 3.8) is 0 Å². The molecule has 33 heavy (non-hydrogen) atoms. The van der Waals surface area contributed by atoms with Gasteiger partial charge in [-0.2, -0.15) is 0 Å². The molecule has 0 unspecified atom stereocenters. The fourth-order valence-electron chi connectivity index (χ4n) is 3.78. The predicted molar refractivity (Wildman–Crippen MR) is 133 cm³/mol. The molecule has 4 heteroatoms. The molecule has 0 saturated heterocycles. The highest BCUT2D eigenvalue weighted by atomic mass is 16.4. The lowest BCUT2D eigenvalue weighted by atomic mass is 10.1. The molecule has 0 aliphatic heterocycles. The van der Waals surface area contributed by atoms with Crippen molar-refractivity contribution in [3.05, 3.63) is 124 Å². The predicted octanol–water partition coefficient (Wildman–Crippen LogP) is 6.66. The van der Waals surface area contributed by atoms with Gasteiger partial charge in [0.15, 0.2) is 5.76 Å². The first-order chi connectivity index (χ1) is 16.0. The number of carbonyl (C=O) groups excluding carboxylic acids is 1. The molecule has 0 spiro atoms. The molecule has 0 radical (unpaired) electrons. The number of anilines is 1. The number of hydrogen-bond acceptors (Lipinski definition) is 3. The molecule has 0 saturated carbocycles. The van der Waals surface area contributed by atoms with E-state index in [-0.39, 0.29) is 5.91 Å². The SMILES string of the molecule is Cc1ccc(CN(Cc2ccccc2)Cc2ccc(C(=O)Nc3ccc(C)c(C)c3)o2)cc1. The summed E-state index contributed by atoms with van der Waals surface area (Å²) in [5.74, 6) is 0.846. The summed E-state index contributed by atoms with van der Waals surface area (Å²) in [5, 5.41) is 2.93. The minimum Gasteiger partial charge on any atom is -0.455 e. The van der Waals surface area contributed by atoms with E-state index in [0.717, 1.165) is 30.1 Å². The van der Waals surface area contributed by atoms with Crippen LogP contribution in [-0.4, -0.2) is 10.8 Å². The van der Waals surface area contributed by atoms with Gasteiger partial charge in [-0.1, -0.05) is 66.2 Å². The molecular formula is C29H30N2O2. The van der Waals surface area contributed by atoms with E-state index in [0.29, 0.717) is 12.3 Å². The molecule has 0 fully saturated rings. The Labute approximate surface area is 195 Å². The summed E-state index contributed by atoms with van der Waals surface area (Å²) in [6.07, 6.45) is 0. The first-order valence-corrected chi connectivity index (χ1v) is 11.3. The Morgan fingerprint density at radius 3 is 2.15 bits per heavy atom. The van der Waals surface area contributed by atoms with E-state index in [1.807, 2.05) is 37.3 Å². The Morgan fingerprint density at radius 2 is 1.45 bits per heavy atom. The van der Waals surface area contributed by atoms with Crippen molar-refractivity contribution in [3.8, 4) is 0 Å². The molecule has 168 valence electrons. The maximum Gasteiger partial charge on any atom is 0.291 e. The van der Waals surface area contributed by atoms with Crippen LogP contribution in [0, 0.1) is 20.8 Å². The van der Waals surface area contributed by atoms with Crippen LogP contribution < -0.4 is 5.32 Å². The van der Waals surface area contributed by atoms with E-state index < -0.39 is 0 Å². The van der Waals surface area contributed by atoms with Gasteiger partial charge in [-0.15, -0.1) is 0 Å². The van der Waals surface area contributed by atoms with Gasteiger partial charge in [0.25, 0.3) is 5.91 Å². The largest absolute Gasteiger partial charge is 0.455 e. The quantitative estimate of drug-likeness (QED) is 0.335. The van der Waals surface area contributed by atoms with Crippen molar-refractivity contribution < 1.29 is 9.21 Å². The fourth-order valence-corrected chi connectivity index (χ4v) is 3.78. The molecule has 0 bridgehead atoms. The lowest BCUT2D eigenvalue weighted by Gasteiger charge is -2.21. The Bertz CT molecular complexity index is 1210. The summed E-state index contributed by atoms with van der Waals surface area (Å²) in [6, 6.07) is 28.5. The monoisotopic (exact) mass is 438 g/mol. The second-order valence-corrected chi connectivity index (χ2v) is 8.64. The van der Waals surface area contributed by atoms with Crippen LogP contribution >= 0.6 is 0 Å². The first-order valence-electron chi connectivity index (χ1n) is 11.3. The smallest absolute Gasteiger partial charge is 0.291 e. The fraction of sp³-hybridized carbons (Fsp3) is 0.207. The highest BCUT2D eigenvalue weighted by Crippen LogP contribution is 2.19. The topological polar surface area (TPSA) is 45.5 Å². The van der Waals surface area contributed by atoms with Crippen LogP contribution in [0.2, 0.25) is 0 Å². The van der Waals surface area contributed by atoms with E-state index in [1.54, 1.807) is 6.07 Å². The minimum absolute atomic E-state index is 0.238. The molecule has 4 nitrogen and oxygen atoms in total. The van der Waals surface area contributed by atoms with Crippen molar-refractivity contribution >= 4 is 11.6 Å². The van der Waals surface area contributed by atoms with Crippen LogP contribution in [0.5, 0.6) is 0 Å².